The summed E-state index contributed by atoms with van der Waals surface area (Å²) in [5.41, 5.74) is 1.33. The fourth-order valence-corrected chi connectivity index (χ4v) is 1.67. The van der Waals surface area contributed by atoms with E-state index in [1.165, 1.54) is 7.11 Å². The van der Waals surface area contributed by atoms with Crippen molar-refractivity contribution < 1.29 is 9.53 Å². The predicted octanol–water partition coefficient (Wildman–Crippen LogP) is 1.99. The summed E-state index contributed by atoms with van der Waals surface area (Å²) in [7, 11) is 3.19. The highest BCUT2D eigenvalue weighted by Crippen LogP contribution is 2.19. The van der Waals surface area contributed by atoms with Crippen molar-refractivity contribution in [3.63, 3.8) is 0 Å². The maximum Gasteiger partial charge on any atom is 0.356 e. The van der Waals surface area contributed by atoms with Gasteiger partial charge in [-0.15, -0.1) is 0 Å². The van der Waals surface area contributed by atoms with Crippen molar-refractivity contribution in [2.24, 2.45) is 7.05 Å². The topological polar surface area (TPSA) is 47.0 Å². The van der Waals surface area contributed by atoms with Crippen LogP contribution < -0.4 is 0 Å². The molecule has 78 valence electrons. The Balaban J connectivity index is 3.36. The van der Waals surface area contributed by atoms with Crippen molar-refractivity contribution in [3.8, 4) is 0 Å². The Kier molecular flexibility index (Phi) is 3.10. The standard InChI is InChI=1S/C9H14N2O2S/c1-5(2)7-6(8(12)13-4)10-9(14)11(7)3/h5H,1-4H3,(H,10,14). The predicted molar refractivity (Wildman–Crippen MR) is 56.0 cm³/mol. The molecule has 5 heteroatoms. The Bertz CT molecular complexity index is 403. The highest BCUT2D eigenvalue weighted by atomic mass is 32.1. The minimum Gasteiger partial charge on any atom is -0.464 e. The molecule has 0 aromatic carbocycles. The van der Waals surface area contributed by atoms with Gasteiger partial charge >= 0.3 is 5.97 Å². The van der Waals surface area contributed by atoms with Gasteiger partial charge in [0, 0.05) is 7.05 Å². The maximum atomic E-state index is 11.4. The van der Waals surface area contributed by atoms with Crippen LogP contribution in [0.4, 0.5) is 0 Å². The van der Waals surface area contributed by atoms with Gasteiger partial charge < -0.3 is 14.3 Å². The van der Waals surface area contributed by atoms with Gasteiger partial charge in [-0.05, 0) is 18.1 Å². The van der Waals surface area contributed by atoms with Crippen LogP contribution in [0.2, 0.25) is 0 Å². The van der Waals surface area contributed by atoms with Crippen molar-refractivity contribution in [2.45, 2.75) is 19.8 Å². The third-order valence-corrected chi connectivity index (χ3v) is 2.47. The van der Waals surface area contributed by atoms with Crippen molar-refractivity contribution in [1.82, 2.24) is 9.55 Å². The van der Waals surface area contributed by atoms with Crippen LogP contribution >= 0.6 is 12.2 Å². The van der Waals surface area contributed by atoms with Crippen LogP contribution in [0.3, 0.4) is 0 Å². The number of rotatable bonds is 2. The summed E-state index contributed by atoms with van der Waals surface area (Å²) in [5.74, 6) is -0.151. The third kappa shape index (κ3) is 1.72. The number of hydrogen-bond acceptors (Lipinski definition) is 3. The summed E-state index contributed by atoms with van der Waals surface area (Å²) < 4.78 is 7.00. The van der Waals surface area contributed by atoms with Crippen LogP contribution in [0.25, 0.3) is 0 Å². The molecule has 1 aromatic heterocycles. The number of nitrogens with one attached hydrogen (secondary N) is 1. The Morgan fingerprint density at radius 3 is 2.57 bits per heavy atom. The molecule has 0 spiro atoms. The van der Waals surface area contributed by atoms with E-state index in [2.05, 4.69) is 9.72 Å². The fourth-order valence-electron chi connectivity index (χ4n) is 1.47. The number of carbonyl (C=O) groups is 1. The van der Waals surface area contributed by atoms with E-state index in [0.717, 1.165) is 5.69 Å². The van der Waals surface area contributed by atoms with Gasteiger partial charge in [-0.25, -0.2) is 4.79 Å². The second kappa shape index (κ2) is 3.96. The number of hydrogen-bond donors (Lipinski definition) is 1. The lowest BCUT2D eigenvalue weighted by Crippen LogP contribution is -2.08. The zero-order valence-corrected chi connectivity index (χ0v) is 9.57. The SMILES string of the molecule is COC(=O)c1[nH]c(=S)n(C)c1C(C)C. The molecule has 0 aliphatic heterocycles. The van der Waals surface area contributed by atoms with Gasteiger partial charge in [-0.2, -0.15) is 0 Å². The molecule has 1 N–H and O–H groups in total. The van der Waals surface area contributed by atoms with Crippen LogP contribution in [0.5, 0.6) is 0 Å². The summed E-state index contributed by atoms with van der Waals surface area (Å²) in [5, 5.41) is 0. The molecule has 0 saturated heterocycles. The largest absolute Gasteiger partial charge is 0.464 e. The van der Waals surface area contributed by atoms with E-state index in [1.54, 1.807) is 4.57 Å². The van der Waals surface area contributed by atoms with Gasteiger partial charge in [-0.3, -0.25) is 0 Å². The van der Waals surface area contributed by atoms with Crippen LogP contribution in [0.15, 0.2) is 0 Å². The first-order valence-corrected chi connectivity index (χ1v) is 4.77. The van der Waals surface area contributed by atoms with E-state index in [1.807, 2.05) is 20.9 Å². The van der Waals surface area contributed by atoms with Crippen molar-refractivity contribution in [2.75, 3.05) is 7.11 Å². The lowest BCUT2D eigenvalue weighted by molar-refractivity contribution is 0.0592. The molecule has 0 unspecified atom stereocenters. The van der Waals surface area contributed by atoms with Crippen molar-refractivity contribution in [3.05, 3.63) is 16.2 Å². The summed E-state index contributed by atoms with van der Waals surface area (Å²) in [6, 6.07) is 0. The molecule has 0 aliphatic rings. The number of carbonyl (C=O) groups excluding carboxylic acids is 1. The first-order valence-electron chi connectivity index (χ1n) is 4.36. The zero-order chi connectivity index (χ0) is 10.9. The van der Waals surface area contributed by atoms with Crippen LogP contribution in [0, 0.1) is 4.77 Å². The van der Waals surface area contributed by atoms with E-state index in [4.69, 9.17) is 12.2 Å². The zero-order valence-electron chi connectivity index (χ0n) is 8.75. The molecule has 0 amide bonds. The monoisotopic (exact) mass is 214 g/mol. The number of H-pyrrole nitrogens is 1. The smallest absolute Gasteiger partial charge is 0.356 e. The number of aromatic nitrogens is 2. The summed E-state index contributed by atoms with van der Waals surface area (Å²) in [6.07, 6.45) is 0. The number of nitrogens with zero attached hydrogens (tertiary/aromatic N) is 1. The maximum absolute atomic E-state index is 11.4. The highest BCUT2D eigenvalue weighted by Gasteiger charge is 2.19. The van der Waals surface area contributed by atoms with Gasteiger partial charge in [-0.1, -0.05) is 13.8 Å². The number of esters is 1. The average molecular weight is 214 g/mol. The van der Waals surface area contributed by atoms with Gasteiger partial charge in [0.25, 0.3) is 0 Å². The molecule has 1 aromatic rings. The molecule has 0 saturated carbocycles. The molecule has 0 fully saturated rings. The summed E-state index contributed by atoms with van der Waals surface area (Å²) in [4.78, 5) is 14.2. The van der Waals surface area contributed by atoms with E-state index in [-0.39, 0.29) is 11.9 Å². The Morgan fingerprint density at radius 1 is 1.57 bits per heavy atom. The van der Waals surface area contributed by atoms with Crippen molar-refractivity contribution >= 4 is 18.2 Å². The van der Waals surface area contributed by atoms with E-state index in [9.17, 15) is 4.79 Å². The van der Waals surface area contributed by atoms with Gasteiger partial charge in [0.1, 0.15) is 5.69 Å². The number of imidazole rings is 1. The molecule has 1 heterocycles. The van der Waals surface area contributed by atoms with Gasteiger partial charge in [0.15, 0.2) is 4.77 Å². The van der Waals surface area contributed by atoms with Crippen molar-refractivity contribution in [1.29, 1.82) is 0 Å². The number of ether oxygens (including phenoxy) is 1. The first-order chi connectivity index (χ1) is 6.49. The summed E-state index contributed by atoms with van der Waals surface area (Å²) >= 11 is 5.05. The van der Waals surface area contributed by atoms with E-state index >= 15 is 0 Å². The quantitative estimate of drug-likeness (QED) is 0.605. The first kappa shape index (κ1) is 11.0. The lowest BCUT2D eigenvalue weighted by atomic mass is 10.1. The Labute approximate surface area is 87.9 Å². The minimum atomic E-state index is -0.375. The Hall–Kier alpha value is -1.10. The van der Waals surface area contributed by atoms with Gasteiger partial charge in [0.2, 0.25) is 0 Å². The third-order valence-electron chi connectivity index (χ3n) is 2.09. The van der Waals surface area contributed by atoms with Gasteiger partial charge in [0.05, 0.1) is 12.8 Å². The molecule has 0 bridgehead atoms. The number of aromatic amines is 1. The minimum absolute atomic E-state index is 0.224. The molecule has 1 rings (SSSR count). The van der Waals surface area contributed by atoms with E-state index < -0.39 is 0 Å². The van der Waals surface area contributed by atoms with Crippen LogP contribution in [0.1, 0.15) is 35.9 Å². The molecule has 0 aliphatic carbocycles. The fraction of sp³-hybridized carbons (Fsp3) is 0.556. The van der Waals surface area contributed by atoms with Crippen LogP contribution in [-0.4, -0.2) is 22.6 Å². The second-order valence-corrected chi connectivity index (χ2v) is 3.78. The molecule has 14 heavy (non-hydrogen) atoms. The lowest BCUT2D eigenvalue weighted by Gasteiger charge is -2.07. The second-order valence-electron chi connectivity index (χ2n) is 3.40. The molecule has 4 nitrogen and oxygen atoms in total. The molecular formula is C9H14N2O2S. The van der Waals surface area contributed by atoms with E-state index in [0.29, 0.717) is 10.5 Å². The average Bonchev–Trinajstić information content (AvgIpc) is 2.42. The molecule has 0 radical (unpaired) electrons. The normalized spacial score (nSPS) is 10.6. The molecule has 0 atom stereocenters. The Morgan fingerprint density at radius 2 is 2.14 bits per heavy atom. The highest BCUT2D eigenvalue weighted by molar-refractivity contribution is 7.71. The number of methoxy groups -OCH3 is 1. The van der Waals surface area contributed by atoms with Crippen LogP contribution in [-0.2, 0) is 11.8 Å². The molecular weight excluding hydrogens is 200 g/mol. The summed E-state index contributed by atoms with van der Waals surface area (Å²) in [6.45, 7) is 4.01.